The maximum atomic E-state index is 11.0. The molecule has 6 aliphatic rings. The molecular formula is C23H34O5. The van der Waals surface area contributed by atoms with Crippen LogP contribution in [0.5, 0.6) is 0 Å². The molecule has 0 amide bonds. The van der Waals surface area contributed by atoms with Crippen molar-refractivity contribution in [2.45, 2.75) is 69.9 Å². The average Bonchev–Trinajstić information content (AvgIpc) is 3.42. The molecule has 0 aromatic heterocycles. The second-order valence-electron chi connectivity index (χ2n) is 10.1. The summed E-state index contributed by atoms with van der Waals surface area (Å²) in [5.41, 5.74) is 0.155. The first-order valence-corrected chi connectivity index (χ1v) is 11.3. The molecule has 2 saturated heterocycles. The fourth-order valence-electron chi connectivity index (χ4n) is 8.14. The number of hydrogen-bond donors (Lipinski definition) is 1. The molecule has 5 atom stereocenters. The van der Waals surface area contributed by atoms with Crippen LogP contribution in [0.2, 0.25) is 0 Å². The highest BCUT2D eigenvalue weighted by Crippen LogP contribution is 2.69. The van der Waals surface area contributed by atoms with Crippen LogP contribution in [0.3, 0.4) is 0 Å². The lowest BCUT2D eigenvalue weighted by molar-refractivity contribution is -0.244. The van der Waals surface area contributed by atoms with Crippen LogP contribution in [0.15, 0.2) is 11.6 Å². The van der Waals surface area contributed by atoms with E-state index in [1.807, 2.05) is 6.08 Å². The number of ether oxygens (including phenoxy) is 4. The Labute approximate surface area is 170 Å². The van der Waals surface area contributed by atoms with Gasteiger partial charge in [0.25, 0.3) is 0 Å². The topological polar surface area (TPSA) is 57.2 Å². The van der Waals surface area contributed by atoms with Gasteiger partial charge in [0.1, 0.15) is 0 Å². The van der Waals surface area contributed by atoms with Gasteiger partial charge in [0.05, 0.1) is 35.7 Å². The predicted molar refractivity (Wildman–Crippen MR) is 102 cm³/mol. The Bertz CT molecular complexity index is 751. The molecule has 156 valence electrons. The summed E-state index contributed by atoms with van der Waals surface area (Å²) in [7, 11) is 0. The van der Waals surface area contributed by atoms with Crippen LogP contribution < -0.4 is 0 Å². The van der Waals surface area contributed by atoms with Crippen LogP contribution >= 0.6 is 0 Å². The molecule has 1 N–H and O–H groups in total. The maximum absolute atomic E-state index is 11.0. The van der Waals surface area contributed by atoms with Crippen LogP contribution in [-0.2, 0) is 18.9 Å². The van der Waals surface area contributed by atoms with Gasteiger partial charge in [-0.2, -0.15) is 0 Å². The van der Waals surface area contributed by atoms with Crippen molar-refractivity contribution in [2.24, 2.45) is 28.6 Å². The van der Waals surface area contributed by atoms with Gasteiger partial charge in [-0.15, -0.1) is 0 Å². The van der Waals surface area contributed by atoms with E-state index in [2.05, 4.69) is 6.92 Å². The highest BCUT2D eigenvalue weighted by atomic mass is 16.7. The molecule has 6 rings (SSSR count). The van der Waals surface area contributed by atoms with Gasteiger partial charge in [0, 0.05) is 23.7 Å². The molecule has 5 heteroatoms. The van der Waals surface area contributed by atoms with E-state index in [1.165, 1.54) is 0 Å². The first-order chi connectivity index (χ1) is 14.3. The Balaban J connectivity index is 1.39. The lowest BCUT2D eigenvalue weighted by atomic mass is 9.46. The summed E-state index contributed by atoms with van der Waals surface area (Å²) in [5.74, 6) is -0.194. The Morgan fingerprint density at radius 1 is 0.964 bits per heavy atom. The van der Waals surface area contributed by atoms with Crippen molar-refractivity contribution >= 4 is 0 Å². The molecule has 5 fully saturated rings. The van der Waals surface area contributed by atoms with Gasteiger partial charge in [-0.25, -0.2) is 0 Å². The Hall–Kier alpha value is -0.460. The van der Waals surface area contributed by atoms with Crippen molar-refractivity contribution in [3.8, 4) is 0 Å². The second kappa shape index (κ2) is 6.04. The van der Waals surface area contributed by atoms with E-state index in [0.29, 0.717) is 51.1 Å². The molecule has 28 heavy (non-hydrogen) atoms. The van der Waals surface area contributed by atoms with E-state index >= 15 is 0 Å². The van der Waals surface area contributed by atoms with Crippen molar-refractivity contribution in [3.63, 3.8) is 0 Å². The van der Waals surface area contributed by atoms with E-state index in [1.54, 1.807) is 0 Å². The first kappa shape index (κ1) is 16.3. The maximum Gasteiger partial charge on any atom is 0.188 e. The Morgan fingerprint density at radius 3 is 2.43 bits per heavy atom. The Kier molecular flexibility index (Phi) is 3.51. The third-order valence-corrected chi connectivity index (χ3v) is 9.43. The number of hydrogen-bond acceptors (Lipinski definition) is 5. The highest BCUT2D eigenvalue weighted by molar-refractivity contribution is 5.29. The van der Waals surface area contributed by atoms with Crippen molar-refractivity contribution in [1.29, 1.82) is 0 Å². The molecule has 0 aromatic carbocycles. The zero-order valence-electron chi connectivity index (χ0n) is 18.9. The molecule has 0 bridgehead atoms. The monoisotopic (exact) mass is 392 g/mol. The molecule has 2 aliphatic heterocycles. The summed E-state index contributed by atoms with van der Waals surface area (Å²) >= 11 is 0. The third kappa shape index (κ3) is 2.15. The van der Waals surface area contributed by atoms with Gasteiger partial charge >= 0.3 is 0 Å². The quantitative estimate of drug-likeness (QED) is 0.693. The fourth-order valence-corrected chi connectivity index (χ4v) is 8.14. The summed E-state index contributed by atoms with van der Waals surface area (Å²) in [6.07, 6.45) is 8.92. The summed E-state index contributed by atoms with van der Waals surface area (Å²) in [6.45, 7) is 2.60. The molecule has 0 aromatic rings. The van der Waals surface area contributed by atoms with Crippen LogP contribution in [0, 0.1) is 28.6 Å². The summed E-state index contributed by atoms with van der Waals surface area (Å²) in [5, 5.41) is 11.0. The second-order valence-corrected chi connectivity index (χ2v) is 10.1. The molecule has 2 heterocycles. The Morgan fingerprint density at radius 2 is 1.68 bits per heavy atom. The minimum Gasteiger partial charge on any atom is -0.395 e. The molecule has 2 spiro atoms. The summed E-state index contributed by atoms with van der Waals surface area (Å²) in [4.78, 5) is 0. The van der Waals surface area contributed by atoms with Gasteiger partial charge in [0.2, 0.25) is 0 Å². The molecule has 3 saturated carbocycles. The summed E-state index contributed by atoms with van der Waals surface area (Å²) in [6, 6.07) is 0. The standard InChI is InChI=1S/C23H34O5/c1-20-6-4-19-17(18(20)5-7-23(20)27-12-13-28-23)3-2-16-14-22(25-10-11-26-22)9-8-21(16,19)15-24/h14,17-19,24H,2-13,15H2,1H3/t17-,18-,19-,20-,21+/m0/s1/i15D2. The molecule has 0 unspecified atom stereocenters. The minimum atomic E-state index is -2.26. The van der Waals surface area contributed by atoms with Crippen molar-refractivity contribution in [3.05, 3.63) is 11.6 Å². The van der Waals surface area contributed by atoms with Crippen LogP contribution in [0.4, 0.5) is 0 Å². The lowest BCUT2D eigenvalue weighted by Gasteiger charge is -2.60. The largest absolute Gasteiger partial charge is 0.395 e. The van der Waals surface area contributed by atoms with Crippen LogP contribution in [-0.4, -0.2) is 49.7 Å². The lowest BCUT2D eigenvalue weighted by Crippen LogP contribution is -2.57. The zero-order valence-corrected chi connectivity index (χ0v) is 16.9. The first-order valence-electron chi connectivity index (χ1n) is 12.3. The normalized spacial score (nSPS) is 49.9. The van der Waals surface area contributed by atoms with Crippen molar-refractivity contribution in [1.82, 2.24) is 0 Å². The van der Waals surface area contributed by atoms with Gasteiger partial charge in [0.15, 0.2) is 11.6 Å². The molecule has 5 nitrogen and oxygen atoms in total. The van der Waals surface area contributed by atoms with E-state index in [0.717, 1.165) is 44.1 Å². The SMILES string of the molecule is [2H]C([2H])(O)[C@]12CCC3(C=C1CC[C@H]1[C@@H]4CCC5(OCCO5)[C@@]4(C)CC[C@@H]12)OCCO3. The van der Waals surface area contributed by atoms with Gasteiger partial charge < -0.3 is 24.1 Å². The average molecular weight is 393 g/mol. The number of aliphatic hydroxyl groups is 1. The third-order valence-electron chi connectivity index (χ3n) is 9.43. The van der Waals surface area contributed by atoms with Crippen LogP contribution in [0.1, 0.15) is 61.0 Å². The van der Waals surface area contributed by atoms with Crippen molar-refractivity contribution < 1.29 is 26.8 Å². The van der Waals surface area contributed by atoms with E-state index < -0.39 is 23.5 Å². The summed E-state index contributed by atoms with van der Waals surface area (Å²) < 4.78 is 41.5. The predicted octanol–water partition coefficient (Wildman–Crippen LogP) is 3.41. The van der Waals surface area contributed by atoms with E-state index in [-0.39, 0.29) is 11.3 Å². The van der Waals surface area contributed by atoms with Gasteiger partial charge in [-0.1, -0.05) is 12.5 Å². The van der Waals surface area contributed by atoms with Crippen molar-refractivity contribution in [2.75, 3.05) is 33.0 Å². The zero-order chi connectivity index (χ0) is 20.8. The van der Waals surface area contributed by atoms with E-state index in [4.69, 9.17) is 21.7 Å². The smallest absolute Gasteiger partial charge is 0.188 e. The van der Waals surface area contributed by atoms with Gasteiger partial charge in [-0.05, 0) is 62.4 Å². The molecule has 0 radical (unpaired) electrons. The van der Waals surface area contributed by atoms with Crippen LogP contribution in [0.25, 0.3) is 0 Å². The molecular weight excluding hydrogens is 356 g/mol. The van der Waals surface area contributed by atoms with Gasteiger partial charge in [-0.3, -0.25) is 0 Å². The number of fused-ring (bicyclic) bond motifs is 6. The minimum absolute atomic E-state index is 0.0250. The number of rotatable bonds is 1. The highest BCUT2D eigenvalue weighted by Gasteiger charge is 2.67. The fraction of sp³-hybridized carbons (Fsp3) is 0.913. The van der Waals surface area contributed by atoms with E-state index in [9.17, 15) is 5.11 Å². The molecule has 4 aliphatic carbocycles.